The number of nitrogens with two attached hydrogens (primary N) is 1. The first-order chi connectivity index (χ1) is 8.47. The number of nitrogen functional groups attached to an aromatic ring is 1. The summed E-state index contributed by atoms with van der Waals surface area (Å²) in [5.41, 5.74) is 5.73. The summed E-state index contributed by atoms with van der Waals surface area (Å²) < 4.78 is 13.4. The molecule has 1 heterocycles. The van der Waals surface area contributed by atoms with Crippen LogP contribution < -0.4 is 11.1 Å². The van der Waals surface area contributed by atoms with Gasteiger partial charge in [-0.05, 0) is 12.1 Å². The quantitative estimate of drug-likeness (QED) is 0.826. The van der Waals surface area contributed by atoms with Crippen molar-refractivity contribution in [3.8, 4) is 0 Å². The Morgan fingerprint density at radius 2 is 1.78 bits per heavy atom. The van der Waals surface area contributed by atoms with Gasteiger partial charge >= 0.3 is 0 Å². The second-order valence-electron chi connectivity index (χ2n) is 3.30. The van der Waals surface area contributed by atoms with Gasteiger partial charge in [-0.15, -0.1) is 0 Å². The minimum absolute atomic E-state index is 0.0601. The van der Waals surface area contributed by atoms with Crippen LogP contribution in [0, 0.1) is 5.82 Å². The number of benzene rings is 1. The number of halogens is 4. The molecular formula is C10H6Cl3FN4. The number of aromatic nitrogens is 2. The fraction of sp³-hybridized carbons (Fsp3) is 0. The lowest BCUT2D eigenvalue weighted by atomic mass is 10.3. The smallest absolute Gasteiger partial charge is 0.222 e. The largest absolute Gasteiger partial charge is 0.368 e. The van der Waals surface area contributed by atoms with Crippen LogP contribution >= 0.6 is 34.8 Å². The zero-order valence-electron chi connectivity index (χ0n) is 8.72. The molecule has 0 saturated carbocycles. The summed E-state index contributed by atoms with van der Waals surface area (Å²) in [6.07, 6.45) is 0.954. The second kappa shape index (κ2) is 5.14. The number of anilines is 3. The molecule has 0 amide bonds. The van der Waals surface area contributed by atoms with Crippen LogP contribution in [0.1, 0.15) is 0 Å². The highest BCUT2D eigenvalue weighted by Crippen LogP contribution is 2.33. The molecule has 3 N–H and O–H groups in total. The topological polar surface area (TPSA) is 63.8 Å². The molecule has 2 rings (SSSR count). The molecule has 1 aromatic carbocycles. The van der Waals surface area contributed by atoms with Crippen LogP contribution in [0.15, 0.2) is 18.3 Å². The maximum atomic E-state index is 13.4. The third kappa shape index (κ3) is 2.75. The number of hydrogen-bond acceptors (Lipinski definition) is 4. The Kier molecular flexibility index (Phi) is 3.75. The molecule has 0 spiro atoms. The van der Waals surface area contributed by atoms with Gasteiger partial charge in [-0.3, -0.25) is 0 Å². The average molecular weight is 308 g/mol. The Bertz CT molecular complexity index is 606. The SMILES string of the molecule is Nc1ncc(F)c(Nc2cc(Cl)c(Cl)cc2Cl)n1. The summed E-state index contributed by atoms with van der Waals surface area (Å²) >= 11 is 17.6. The molecule has 0 radical (unpaired) electrons. The van der Waals surface area contributed by atoms with Gasteiger partial charge in [0.15, 0.2) is 11.6 Å². The zero-order valence-corrected chi connectivity index (χ0v) is 11.0. The van der Waals surface area contributed by atoms with Crippen LogP contribution in [0.5, 0.6) is 0 Å². The summed E-state index contributed by atoms with van der Waals surface area (Å²) in [5, 5.41) is 3.53. The van der Waals surface area contributed by atoms with E-state index in [1.807, 2.05) is 0 Å². The molecule has 0 atom stereocenters. The minimum atomic E-state index is -0.661. The van der Waals surface area contributed by atoms with E-state index >= 15 is 0 Å². The van der Waals surface area contributed by atoms with Crippen LogP contribution in [0.3, 0.4) is 0 Å². The highest BCUT2D eigenvalue weighted by Gasteiger charge is 2.10. The van der Waals surface area contributed by atoms with Crippen LogP contribution in [-0.2, 0) is 0 Å². The van der Waals surface area contributed by atoms with Crippen molar-refractivity contribution >= 4 is 52.3 Å². The maximum Gasteiger partial charge on any atom is 0.222 e. The predicted octanol–water partition coefficient (Wildman–Crippen LogP) is 3.90. The molecule has 8 heteroatoms. The monoisotopic (exact) mass is 306 g/mol. The lowest BCUT2D eigenvalue weighted by Crippen LogP contribution is -2.02. The van der Waals surface area contributed by atoms with Gasteiger partial charge in [0, 0.05) is 0 Å². The maximum absolute atomic E-state index is 13.4. The Hall–Kier alpha value is -1.30. The first-order valence-corrected chi connectivity index (χ1v) is 5.80. The highest BCUT2D eigenvalue weighted by molar-refractivity contribution is 6.44. The molecule has 0 unspecified atom stereocenters. The van der Waals surface area contributed by atoms with E-state index in [2.05, 4.69) is 15.3 Å². The third-order valence-electron chi connectivity index (χ3n) is 2.03. The van der Waals surface area contributed by atoms with E-state index in [1.54, 1.807) is 0 Å². The molecule has 0 saturated heterocycles. The van der Waals surface area contributed by atoms with Crippen LogP contribution in [0.25, 0.3) is 0 Å². The molecule has 1 aromatic heterocycles. The number of rotatable bonds is 2. The molecule has 94 valence electrons. The van der Waals surface area contributed by atoms with Crippen molar-refractivity contribution in [3.63, 3.8) is 0 Å². The first kappa shape index (κ1) is 13.1. The highest BCUT2D eigenvalue weighted by atomic mass is 35.5. The van der Waals surface area contributed by atoms with Gasteiger partial charge in [-0.2, -0.15) is 4.98 Å². The Balaban J connectivity index is 2.40. The van der Waals surface area contributed by atoms with E-state index in [9.17, 15) is 4.39 Å². The van der Waals surface area contributed by atoms with E-state index in [4.69, 9.17) is 40.5 Å². The van der Waals surface area contributed by atoms with E-state index < -0.39 is 5.82 Å². The van der Waals surface area contributed by atoms with Crippen molar-refractivity contribution in [2.45, 2.75) is 0 Å². The van der Waals surface area contributed by atoms with E-state index in [1.165, 1.54) is 12.1 Å². The van der Waals surface area contributed by atoms with Crippen molar-refractivity contribution in [2.75, 3.05) is 11.1 Å². The van der Waals surface area contributed by atoms with Gasteiger partial charge in [-0.1, -0.05) is 34.8 Å². The molecule has 0 bridgehead atoms. The second-order valence-corrected chi connectivity index (χ2v) is 4.52. The number of nitrogens with zero attached hydrogens (tertiary/aromatic N) is 2. The predicted molar refractivity (Wildman–Crippen MR) is 71.2 cm³/mol. The van der Waals surface area contributed by atoms with Gasteiger partial charge in [-0.25, -0.2) is 9.37 Å². The van der Waals surface area contributed by atoms with Gasteiger partial charge in [0.2, 0.25) is 5.95 Å². The molecule has 0 aliphatic rings. The van der Waals surface area contributed by atoms with Crippen molar-refractivity contribution in [1.82, 2.24) is 9.97 Å². The van der Waals surface area contributed by atoms with Crippen molar-refractivity contribution < 1.29 is 4.39 Å². The third-order valence-corrected chi connectivity index (χ3v) is 3.06. The fourth-order valence-corrected chi connectivity index (χ4v) is 1.81. The van der Waals surface area contributed by atoms with Crippen molar-refractivity contribution in [1.29, 1.82) is 0 Å². The van der Waals surface area contributed by atoms with E-state index in [-0.39, 0.29) is 21.8 Å². The summed E-state index contributed by atoms with van der Waals surface area (Å²) in [6, 6.07) is 2.90. The number of nitrogens with one attached hydrogen (secondary N) is 1. The Morgan fingerprint density at radius 3 is 2.50 bits per heavy atom. The molecule has 2 aromatic rings. The Morgan fingerprint density at radius 1 is 1.11 bits per heavy atom. The van der Waals surface area contributed by atoms with Gasteiger partial charge in [0.25, 0.3) is 0 Å². The lowest BCUT2D eigenvalue weighted by molar-refractivity contribution is 0.620. The van der Waals surface area contributed by atoms with Crippen molar-refractivity contribution in [2.24, 2.45) is 0 Å². The summed E-state index contributed by atoms with van der Waals surface area (Å²) in [6.45, 7) is 0. The molecular weight excluding hydrogens is 301 g/mol. The summed E-state index contributed by atoms with van der Waals surface area (Å²) in [7, 11) is 0. The normalized spacial score (nSPS) is 10.4. The Labute approximate surface area is 117 Å². The minimum Gasteiger partial charge on any atom is -0.368 e. The zero-order chi connectivity index (χ0) is 13.3. The molecule has 0 aliphatic carbocycles. The molecule has 18 heavy (non-hydrogen) atoms. The molecule has 0 fully saturated rings. The van der Waals surface area contributed by atoms with E-state index in [0.29, 0.717) is 10.7 Å². The summed E-state index contributed by atoms with van der Waals surface area (Å²) in [4.78, 5) is 7.21. The lowest BCUT2D eigenvalue weighted by Gasteiger charge is -2.09. The van der Waals surface area contributed by atoms with Gasteiger partial charge in [0.1, 0.15) is 0 Å². The molecule has 0 aliphatic heterocycles. The standard InChI is InChI=1S/C10H6Cl3FN4/c11-4-1-6(13)8(2-5(4)12)17-9-7(14)3-16-10(15)18-9/h1-3H,(H3,15,16,17,18). The molecule has 4 nitrogen and oxygen atoms in total. The first-order valence-electron chi connectivity index (χ1n) is 4.67. The summed E-state index contributed by atoms with van der Waals surface area (Å²) in [5.74, 6) is -0.816. The van der Waals surface area contributed by atoms with Gasteiger partial charge in [0.05, 0.1) is 27.0 Å². The van der Waals surface area contributed by atoms with Crippen LogP contribution in [0.2, 0.25) is 15.1 Å². The van der Waals surface area contributed by atoms with Crippen molar-refractivity contribution in [3.05, 3.63) is 39.2 Å². The average Bonchev–Trinajstić information content (AvgIpc) is 2.30. The number of hydrogen-bond donors (Lipinski definition) is 2. The fourth-order valence-electron chi connectivity index (χ4n) is 1.21. The van der Waals surface area contributed by atoms with Gasteiger partial charge < -0.3 is 11.1 Å². The van der Waals surface area contributed by atoms with Crippen LogP contribution in [-0.4, -0.2) is 9.97 Å². The van der Waals surface area contributed by atoms with Crippen LogP contribution in [0.4, 0.5) is 21.8 Å². The van der Waals surface area contributed by atoms with E-state index in [0.717, 1.165) is 6.20 Å².